The molecule has 3 nitrogen and oxygen atoms in total. The Kier molecular flexibility index (Phi) is 5.38. The first-order valence-electron chi connectivity index (χ1n) is 7.32. The first-order valence-corrected chi connectivity index (χ1v) is 8.93. The average molecular weight is 368 g/mol. The highest BCUT2D eigenvalue weighted by molar-refractivity contribution is 9.10. The van der Waals surface area contributed by atoms with Crippen molar-refractivity contribution in [1.82, 2.24) is 9.97 Å². The van der Waals surface area contributed by atoms with E-state index in [0.29, 0.717) is 5.92 Å². The third kappa shape index (κ3) is 3.64. The number of hydrogen-bond donors (Lipinski definition) is 1. The van der Waals surface area contributed by atoms with Gasteiger partial charge >= 0.3 is 0 Å². The smallest absolute Gasteiger partial charge is 0.162 e. The monoisotopic (exact) mass is 367 g/mol. The fourth-order valence-electron chi connectivity index (χ4n) is 2.18. The quantitative estimate of drug-likeness (QED) is 0.754. The summed E-state index contributed by atoms with van der Waals surface area (Å²) in [6, 6.07) is 2.18. The number of rotatable bonds is 5. The number of halogens is 1. The summed E-state index contributed by atoms with van der Waals surface area (Å²) in [5.41, 5.74) is 2.20. The van der Waals surface area contributed by atoms with E-state index in [4.69, 9.17) is 9.97 Å². The lowest BCUT2D eigenvalue weighted by molar-refractivity contribution is 0.808. The van der Waals surface area contributed by atoms with Crippen LogP contribution in [-0.4, -0.2) is 16.5 Å². The Morgan fingerprint density at radius 3 is 2.52 bits per heavy atom. The van der Waals surface area contributed by atoms with Gasteiger partial charge in [0.15, 0.2) is 5.82 Å². The zero-order chi connectivity index (χ0) is 15.6. The molecule has 21 heavy (non-hydrogen) atoms. The maximum absolute atomic E-state index is 4.79. The van der Waals surface area contributed by atoms with Crippen molar-refractivity contribution in [1.29, 1.82) is 0 Å². The van der Waals surface area contributed by atoms with Gasteiger partial charge in [-0.1, -0.05) is 20.8 Å². The van der Waals surface area contributed by atoms with Crippen molar-refractivity contribution < 1.29 is 0 Å². The van der Waals surface area contributed by atoms with Crippen molar-refractivity contribution in [2.45, 2.75) is 47.0 Å². The highest BCUT2D eigenvalue weighted by Crippen LogP contribution is 2.34. The van der Waals surface area contributed by atoms with Gasteiger partial charge < -0.3 is 5.32 Å². The first kappa shape index (κ1) is 16.4. The molecule has 0 amide bonds. The highest BCUT2D eigenvalue weighted by Gasteiger charge is 2.17. The van der Waals surface area contributed by atoms with Gasteiger partial charge in [-0.2, -0.15) is 0 Å². The molecule has 0 aromatic carbocycles. The van der Waals surface area contributed by atoms with E-state index in [1.165, 1.54) is 9.75 Å². The molecule has 0 spiro atoms. The lowest BCUT2D eigenvalue weighted by Crippen LogP contribution is -2.08. The van der Waals surface area contributed by atoms with E-state index in [1.54, 1.807) is 11.3 Å². The zero-order valence-corrected chi connectivity index (χ0v) is 15.7. The molecule has 0 aliphatic rings. The normalized spacial score (nSPS) is 11.2. The Labute approximate surface area is 139 Å². The molecule has 1 N–H and O–H groups in total. The Bertz CT molecular complexity index is 635. The Morgan fingerprint density at radius 2 is 2.00 bits per heavy atom. The molecule has 2 aromatic heterocycles. The number of aryl methyl sites for hydroxylation is 2. The minimum Gasteiger partial charge on any atom is -0.369 e. The summed E-state index contributed by atoms with van der Waals surface area (Å²) in [7, 11) is 0. The summed E-state index contributed by atoms with van der Waals surface area (Å²) in [4.78, 5) is 12.1. The average Bonchev–Trinajstić information content (AvgIpc) is 2.76. The van der Waals surface area contributed by atoms with Gasteiger partial charge in [0.05, 0.1) is 10.2 Å². The molecule has 0 bridgehead atoms. The van der Waals surface area contributed by atoms with Crippen molar-refractivity contribution in [2.24, 2.45) is 0 Å². The van der Waals surface area contributed by atoms with Crippen molar-refractivity contribution in [3.05, 3.63) is 26.0 Å². The number of aromatic nitrogens is 2. The topological polar surface area (TPSA) is 37.8 Å². The lowest BCUT2D eigenvalue weighted by Gasteiger charge is -2.14. The van der Waals surface area contributed by atoms with Gasteiger partial charge in [-0.3, -0.25) is 0 Å². The highest BCUT2D eigenvalue weighted by atomic mass is 79.9. The van der Waals surface area contributed by atoms with E-state index < -0.39 is 0 Å². The molecule has 0 saturated heterocycles. The minimum atomic E-state index is 0.350. The summed E-state index contributed by atoms with van der Waals surface area (Å²) in [5, 5.41) is 3.40. The molecule has 5 heteroatoms. The molecule has 2 heterocycles. The van der Waals surface area contributed by atoms with E-state index in [0.717, 1.165) is 40.3 Å². The molecule has 114 valence electrons. The molecule has 0 fully saturated rings. The van der Waals surface area contributed by atoms with Gasteiger partial charge in [-0.05, 0) is 48.2 Å². The van der Waals surface area contributed by atoms with Gasteiger partial charge in [-0.25, -0.2) is 9.97 Å². The van der Waals surface area contributed by atoms with Crippen LogP contribution in [0.1, 0.15) is 48.6 Å². The first-order chi connectivity index (χ1) is 9.93. The molecular formula is C16H22BrN3S. The van der Waals surface area contributed by atoms with Crippen LogP contribution >= 0.6 is 27.3 Å². The Hall–Kier alpha value is -0.940. The number of thiophene rings is 1. The van der Waals surface area contributed by atoms with Crippen LogP contribution in [0.3, 0.4) is 0 Å². The summed E-state index contributed by atoms with van der Waals surface area (Å²) >= 11 is 5.45. The largest absolute Gasteiger partial charge is 0.369 e. The van der Waals surface area contributed by atoms with E-state index >= 15 is 0 Å². The third-order valence-corrected chi connectivity index (χ3v) is 5.00. The molecule has 0 atom stereocenters. The van der Waals surface area contributed by atoms with E-state index in [-0.39, 0.29) is 0 Å². The summed E-state index contributed by atoms with van der Waals surface area (Å²) < 4.78 is 0.985. The van der Waals surface area contributed by atoms with Crippen molar-refractivity contribution in [2.75, 3.05) is 11.9 Å². The number of nitrogens with zero attached hydrogens (tertiary/aromatic N) is 2. The summed E-state index contributed by atoms with van der Waals surface area (Å²) in [5.74, 6) is 2.07. The summed E-state index contributed by atoms with van der Waals surface area (Å²) in [6.45, 7) is 11.6. The van der Waals surface area contributed by atoms with Crippen LogP contribution in [0.15, 0.2) is 10.5 Å². The van der Waals surface area contributed by atoms with E-state index in [9.17, 15) is 0 Å². The predicted octanol–water partition coefficient (Wildman–Crippen LogP) is 5.53. The fourth-order valence-corrected chi connectivity index (χ4v) is 3.88. The van der Waals surface area contributed by atoms with Gasteiger partial charge in [0.1, 0.15) is 5.82 Å². The van der Waals surface area contributed by atoms with Gasteiger partial charge in [-0.15, -0.1) is 11.3 Å². The molecular weight excluding hydrogens is 346 g/mol. The number of hydrogen-bond acceptors (Lipinski definition) is 4. The van der Waals surface area contributed by atoms with E-state index in [1.807, 2.05) is 0 Å². The Morgan fingerprint density at radius 1 is 1.29 bits per heavy atom. The van der Waals surface area contributed by atoms with Gasteiger partial charge in [0, 0.05) is 21.9 Å². The van der Waals surface area contributed by atoms with Crippen molar-refractivity contribution in [3.63, 3.8) is 0 Å². The van der Waals surface area contributed by atoms with Crippen LogP contribution in [0.2, 0.25) is 0 Å². The Balaban J connectivity index is 2.55. The van der Waals surface area contributed by atoms with Crippen LogP contribution in [0.5, 0.6) is 0 Å². The van der Waals surface area contributed by atoms with Crippen molar-refractivity contribution in [3.8, 4) is 11.4 Å². The van der Waals surface area contributed by atoms with Crippen LogP contribution in [0, 0.1) is 13.8 Å². The number of anilines is 1. The van der Waals surface area contributed by atoms with Crippen LogP contribution in [0.4, 0.5) is 5.82 Å². The maximum atomic E-state index is 4.79. The second-order valence-corrected chi connectivity index (χ2v) is 7.76. The molecule has 0 aliphatic carbocycles. The molecule has 2 rings (SSSR count). The fraction of sp³-hybridized carbons (Fsp3) is 0.500. The predicted molar refractivity (Wildman–Crippen MR) is 95.4 cm³/mol. The molecule has 2 aromatic rings. The molecule has 0 aliphatic heterocycles. The van der Waals surface area contributed by atoms with Crippen LogP contribution in [-0.2, 0) is 0 Å². The zero-order valence-electron chi connectivity index (χ0n) is 13.2. The van der Waals surface area contributed by atoms with Crippen LogP contribution in [0.25, 0.3) is 11.4 Å². The van der Waals surface area contributed by atoms with E-state index in [2.05, 4.69) is 61.9 Å². The second kappa shape index (κ2) is 6.88. The lowest BCUT2D eigenvalue weighted by atomic mass is 10.1. The molecule has 0 saturated carbocycles. The van der Waals surface area contributed by atoms with Crippen molar-refractivity contribution >= 4 is 33.1 Å². The van der Waals surface area contributed by atoms with Gasteiger partial charge in [0.25, 0.3) is 0 Å². The summed E-state index contributed by atoms with van der Waals surface area (Å²) in [6.07, 6.45) is 1.07. The van der Waals surface area contributed by atoms with Crippen LogP contribution < -0.4 is 5.32 Å². The standard InChI is InChI=1S/C16H22BrN3S/c1-6-7-18-16-13(17)14(9(2)3)19-15(20-16)12-8-10(4)21-11(12)5/h8-9H,6-7H2,1-5H3,(H,18,19,20). The second-order valence-electron chi connectivity index (χ2n) is 5.50. The SMILES string of the molecule is CCCNc1nc(-c2cc(C)sc2C)nc(C(C)C)c1Br. The molecule has 0 unspecified atom stereocenters. The van der Waals surface area contributed by atoms with Gasteiger partial charge in [0.2, 0.25) is 0 Å². The minimum absolute atomic E-state index is 0.350. The number of nitrogens with one attached hydrogen (secondary N) is 1. The maximum Gasteiger partial charge on any atom is 0.162 e. The third-order valence-electron chi connectivity index (χ3n) is 3.25. The molecule has 0 radical (unpaired) electrons.